The van der Waals surface area contributed by atoms with Crippen molar-refractivity contribution in [2.45, 2.75) is 13.5 Å². The fraction of sp³-hybridized carbons (Fsp3) is 0.176. The lowest BCUT2D eigenvalue weighted by Gasteiger charge is -2.15. The van der Waals surface area contributed by atoms with Crippen molar-refractivity contribution in [2.24, 2.45) is 0 Å². The van der Waals surface area contributed by atoms with Crippen LogP contribution in [0.25, 0.3) is 5.69 Å². The number of rotatable bonds is 4. The Labute approximate surface area is 144 Å². The highest BCUT2D eigenvalue weighted by atomic mass is 16.5. The number of hydrogen-bond acceptors (Lipinski definition) is 6. The van der Waals surface area contributed by atoms with E-state index in [1.165, 1.54) is 10.9 Å². The summed E-state index contributed by atoms with van der Waals surface area (Å²) < 4.78 is 6.46. The summed E-state index contributed by atoms with van der Waals surface area (Å²) in [5.41, 5.74) is 8.07. The SMILES string of the molecule is Cc1cc(CN(C)C(=O)c2ccc(-n3ncc(C#N)c3N)cc2)no1. The van der Waals surface area contributed by atoms with E-state index >= 15 is 0 Å². The quantitative estimate of drug-likeness (QED) is 0.778. The maximum Gasteiger partial charge on any atom is 0.253 e. The van der Waals surface area contributed by atoms with Gasteiger partial charge in [-0.1, -0.05) is 5.16 Å². The van der Waals surface area contributed by atoms with E-state index in [1.807, 2.05) is 6.07 Å². The fourth-order valence-electron chi connectivity index (χ4n) is 2.42. The van der Waals surface area contributed by atoms with E-state index in [1.54, 1.807) is 49.2 Å². The summed E-state index contributed by atoms with van der Waals surface area (Å²) in [5.74, 6) is 0.826. The molecule has 1 amide bonds. The Morgan fingerprint density at radius 1 is 1.40 bits per heavy atom. The number of aromatic nitrogens is 3. The third-order valence-corrected chi connectivity index (χ3v) is 3.71. The van der Waals surface area contributed by atoms with Gasteiger partial charge in [-0.05, 0) is 31.2 Å². The standard InChI is InChI=1S/C17H16N6O2/c1-11-7-14(21-25-11)10-22(2)17(24)12-3-5-15(6-4-12)23-16(19)13(8-18)9-20-23/h3-7,9H,10,19H2,1-2H3. The number of benzene rings is 1. The molecular weight excluding hydrogens is 320 g/mol. The van der Waals surface area contributed by atoms with Gasteiger partial charge in [0.05, 0.1) is 18.4 Å². The van der Waals surface area contributed by atoms with E-state index < -0.39 is 0 Å². The number of anilines is 1. The van der Waals surface area contributed by atoms with Gasteiger partial charge in [0.2, 0.25) is 0 Å². The molecule has 0 saturated carbocycles. The summed E-state index contributed by atoms with van der Waals surface area (Å²) in [7, 11) is 1.70. The highest BCUT2D eigenvalue weighted by molar-refractivity contribution is 5.94. The third-order valence-electron chi connectivity index (χ3n) is 3.71. The second kappa shape index (κ2) is 6.49. The minimum Gasteiger partial charge on any atom is -0.382 e. The maximum absolute atomic E-state index is 12.5. The lowest BCUT2D eigenvalue weighted by atomic mass is 10.2. The van der Waals surface area contributed by atoms with Gasteiger partial charge < -0.3 is 15.2 Å². The zero-order chi connectivity index (χ0) is 18.0. The van der Waals surface area contributed by atoms with Gasteiger partial charge in [0.15, 0.2) is 0 Å². The summed E-state index contributed by atoms with van der Waals surface area (Å²) in [6.45, 7) is 2.16. The van der Waals surface area contributed by atoms with Gasteiger partial charge in [0.25, 0.3) is 5.91 Å². The van der Waals surface area contributed by atoms with Crippen molar-refractivity contribution in [1.82, 2.24) is 19.8 Å². The van der Waals surface area contributed by atoms with Crippen LogP contribution in [0.2, 0.25) is 0 Å². The van der Waals surface area contributed by atoms with Crippen LogP contribution in [0, 0.1) is 18.3 Å². The molecule has 0 unspecified atom stereocenters. The molecule has 2 aromatic heterocycles. The predicted octanol–water partition coefficient (Wildman–Crippen LogP) is 1.89. The Morgan fingerprint density at radius 2 is 2.12 bits per heavy atom. The monoisotopic (exact) mass is 336 g/mol. The summed E-state index contributed by atoms with van der Waals surface area (Å²) in [6.07, 6.45) is 1.40. The van der Waals surface area contributed by atoms with E-state index in [-0.39, 0.29) is 11.7 Å². The van der Waals surface area contributed by atoms with E-state index in [0.717, 1.165) is 0 Å². The number of nitrogens with zero attached hydrogens (tertiary/aromatic N) is 5. The number of aryl methyl sites for hydroxylation is 1. The molecular formula is C17H16N6O2. The van der Waals surface area contributed by atoms with Gasteiger partial charge in [-0.2, -0.15) is 10.4 Å². The van der Waals surface area contributed by atoms with Crippen LogP contribution in [-0.2, 0) is 6.54 Å². The van der Waals surface area contributed by atoms with Crippen molar-refractivity contribution in [1.29, 1.82) is 5.26 Å². The average Bonchev–Trinajstić information content (AvgIpc) is 3.19. The largest absolute Gasteiger partial charge is 0.382 e. The zero-order valence-corrected chi connectivity index (χ0v) is 13.8. The van der Waals surface area contributed by atoms with Crippen molar-refractivity contribution in [3.05, 3.63) is 59.1 Å². The Kier molecular flexibility index (Phi) is 4.22. The number of hydrogen-bond donors (Lipinski definition) is 1. The second-order valence-corrected chi connectivity index (χ2v) is 5.60. The van der Waals surface area contributed by atoms with Crippen LogP contribution in [0.15, 0.2) is 41.1 Å². The fourth-order valence-corrected chi connectivity index (χ4v) is 2.42. The van der Waals surface area contributed by atoms with Crippen LogP contribution < -0.4 is 5.73 Å². The van der Waals surface area contributed by atoms with E-state index in [9.17, 15) is 4.79 Å². The normalized spacial score (nSPS) is 10.4. The molecule has 0 aliphatic rings. The van der Waals surface area contributed by atoms with Crippen molar-refractivity contribution >= 4 is 11.7 Å². The molecule has 0 aliphatic heterocycles. The number of amides is 1. The highest BCUT2D eigenvalue weighted by Crippen LogP contribution is 2.17. The second-order valence-electron chi connectivity index (χ2n) is 5.60. The topological polar surface area (TPSA) is 114 Å². The van der Waals surface area contributed by atoms with E-state index in [4.69, 9.17) is 15.5 Å². The van der Waals surface area contributed by atoms with Gasteiger partial charge >= 0.3 is 0 Å². The van der Waals surface area contributed by atoms with Crippen molar-refractivity contribution in [3.8, 4) is 11.8 Å². The van der Waals surface area contributed by atoms with Gasteiger partial charge in [-0.25, -0.2) is 4.68 Å². The van der Waals surface area contributed by atoms with Gasteiger partial charge in [-0.3, -0.25) is 4.79 Å². The smallest absolute Gasteiger partial charge is 0.253 e. The Morgan fingerprint density at radius 3 is 2.68 bits per heavy atom. The number of carbonyl (C=O) groups excluding carboxylic acids is 1. The highest BCUT2D eigenvalue weighted by Gasteiger charge is 2.15. The molecule has 8 heteroatoms. The molecule has 0 atom stereocenters. The van der Waals surface area contributed by atoms with Crippen molar-refractivity contribution < 1.29 is 9.32 Å². The first-order valence-electron chi connectivity index (χ1n) is 7.51. The first kappa shape index (κ1) is 16.3. The van der Waals surface area contributed by atoms with Crippen LogP contribution in [0.1, 0.15) is 27.4 Å². The Hall–Kier alpha value is -3.60. The molecule has 0 saturated heterocycles. The number of nitrogen functional groups attached to an aromatic ring is 1. The molecule has 126 valence electrons. The number of nitriles is 1. The summed E-state index contributed by atoms with van der Waals surface area (Å²) >= 11 is 0. The molecule has 0 fully saturated rings. The minimum atomic E-state index is -0.140. The van der Waals surface area contributed by atoms with Crippen LogP contribution in [0.3, 0.4) is 0 Å². The third kappa shape index (κ3) is 3.21. The van der Waals surface area contributed by atoms with E-state index in [2.05, 4.69) is 10.3 Å². The first-order chi connectivity index (χ1) is 12.0. The van der Waals surface area contributed by atoms with E-state index in [0.29, 0.717) is 34.8 Å². The minimum absolute atomic E-state index is 0.140. The lowest BCUT2D eigenvalue weighted by Crippen LogP contribution is -2.26. The molecule has 2 heterocycles. The van der Waals surface area contributed by atoms with Gasteiger partial charge in [0.1, 0.15) is 28.9 Å². The van der Waals surface area contributed by atoms with Gasteiger partial charge in [0, 0.05) is 18.7 Å². The van der Waals surface area contributed by atoms with Crippen LogP contribution in [0.5, 0.6) is 0 Å². The number of nitrogens with two attached hydrogens (primary N) is 1. The molecule has 1 aromatic carbocycles. The maximum atomic E-state index is 12.5. The molecule has 0 spiro atoms. The molecule has 0 bridgehead atoms. The average molecular weight is 336 g/mol. The predicted molar refractivity (Wildman–Crippen MR) is 89.7 cm³/mol. The Balaban J connectivity index is 1.76. The lowest BCUT2D eigenvalue weighted by molar-refractivity contribution is 0.0782. The molecule has 3 aromatic rings. The molecule has 0 radical (unpaired) electrons. The summed E-state index contributed by atoms with van der Waals surface area (Å²) in [4.78, 5) is 14.1. The Bertz CT molecular complexity index is 948. The molecule has 25 heavy (non-hydrogen) atoms. The van der Waals surface area contributed by atoms with Crippen LogP contribution in [0.4, 0.5) is 5.82 Å². The molecule has 3 rings (SSSR count). The first-order valence-corrected chi connectivity index (χ1v) is 7.51. The molecule has 8 nitrogen and oxygen atoms in total. The van der Waals surface area contributed by atoms with Crippen molar-refractivity contribution in [2.75, 3.05) is 12.8 Å². The summed E-state index contributed by atoms with van der Waals surface area (Å²) in [5, 5.41) is 16.9. The van der Waals surface area contributed by atoms with Crippen LogP contribution in [-0.4, -0.2) is 32.8 Å². The van der Waals surface area contributed by atoms with Crippen LogP contribution >= 0.6 is 0 Å². The molecule has 0 aliphatic carbocycles. The number of carbonyl (C=O) groups is 1. The molecule has 2 N–H and O–H groups in total. The summed E-state index contributed by atoms with van der Waals surface area (Å²) in [6, 6.07) is 10.6. The van der Waals surface area contributed by atoms with Crippen molar-refractivity contribution in [3.63, 3.8) is 0 Å². The van der Waals surface area contributed by atoms with Gasteiger partial charge in [-0.15, -0.1) is 0 Å². The zero-order valence-electron chi connectivity index (χ0n) is 13.8.